The number of benzene rings is 2. The molecule has 8 nitrogen and oxygen atoms in total. The smallest absolute Gasteiger partial charge is 0.230 e. The van der Waals surface area contributed by atoms with Crippen molar-refractivity contribution in [3.8, 4) is 5.69 Å². The molecule has 0 spiro atoms. The number of amides is 1. The van der Waals surface area contributed by atoms with Crippen molar-refractivity contribution in [2.45, 2.75) is 18.2 Å². The number of carbonyl (C=O) groups excluding carboxylic acids is 1. The first kappa shape index (κ1) is 21.8. The minimum absolute atomic E-state index is 0.0805. The number of hydrogen-bond donors (Lipinski definition) is 1. The molecule has 0 atom stereocenters. The second-order valence-corrected chi connectivity index (χ2v) is 8.50. The molecule has 1 amide bonds. The fraction of sp³-hybridized carbons (Fsp3) is 0.333. The maximum atomic E-state index is 12.3. The van der Waals surface area contributed by atoms with Crippen LogP contribution in [0, 0.1) is 0 Å². The van der Waals surface area contributed by atoms with Crippen molar-refractivity contribution in [2.24, 2.45) is 0 Å². The van der Waals surface area contributed by atoms with Gasteiger partial charge in [-0.05, 0) is 39.8 Å². The average molecular weight is 459 g/mol. The Morgan fingerprint density at radius 2 is 1.90 bits per heavy atom. The third-order valence-corrected chi connectivity index (χ3v) is 6.00. The number of thioether (sulfide) groups is 1. The fourth-order valence-corrected chi connectivity index (χ4v) is 4.11. The van der Waals surface area contributed by atoms with Gasteiger partial charge in [0.1, 0.15) is 0 Å². The molecule has 31 heavy (non-hydrogen) atoms. The zero-order chi connectivity index (χ0) is 21.5. The van der Waals surface area contributed by atoms with Gasteiger partial charge in [0.25, 0.3) is 0 Å². The first-order valence-electron chi connectivity index (χ1n) is 9.99. The number of hydrogen-bond acceptors (Lipinski definition) is 7. The van der Waals surface area contributed by atoms with E-state index in [1.165, 1.54) is 17.3 Å². The van der Waals surface area contributed by atoms with Crippen LogP contribution in [-0.2, 0) is 22.6 Å². The number of ether oxygens (including phenoxy) is 1. The van der Waals surface area contributed by atoms with Gasteiger partial charge in [-0.2, -0.15) is 4.68 Å². The van der Waals surface area contributed by atoms with Crippen molar-refractivity contribution in [3.63, 3.8) is 0 Å². The van der Waals surface area contributed by atoms with Crippen molar-refractivity contribution in [1.82, 2.24) is 30.4 Å². The van der Waals surface area contributed by atoms with Crippen molar-refractivity contribution >= 4 is 29.3 Å². The Morgan fingerprint density at radius 3 is 2.68 bits per heavy atom. The normalized spacial score (nSPS) is 14.5. The predicted octanol–water partition coefficient (Wildman–Crippen LogP) is 2.56. The van der Waals surface area contributed by atoms with Gasteiger partial charge in [0.2, 0.25) is 11.1 Å². The maximum Gasteiger partial charge on any atom is 0.230 e. The minimum Gasteiger partial charge on any atom is -0.379 e. The molecule has 1 N–H and O–H groups in total. The Balaban J connectivity index is 1.24. The number of nitrogens with one attached hydrogen (secondary N) is 1. The van der Waals surface area contributed by atoms with Crippen LogP contribution in [0.5, 0.6) is 0 Å². The van der Waals surface area contributed by atoms with E-state index < -0.39 is 0 Å². The number of nitrogens with zero attached hydrogens (tertiary/aromatic N) is 5. The molecule has 0 saturated carbocycles. The molecule has 1 aliphatic heterocycles. The summed E-state index contributed by atoms with van der Waals surface area (Å²) >= 11 is 7.31. The molecule has 2 aromatic carbocycles. The van der Waals surface area contributed by atoms with E-state index in [4.69, 9.17) is 16.3 Å². The van der Waals surface area contributed by atoms with E-state index in [0.717, 1.165) is 44.1 Å². The Hall–Kier alpha value is -2.46. The highest BCUT2D eigenvalue weighted by Crippen LogP contribution is 2.20. The first-order valence-corrected chi connectivity index (χ1v) is 11.4. The SMILES string of the molecule is O=C(CSc1nnnn1-c1cccc(Cl)c1)NCc1ccc(CN2CCOCC2)cc1. The van der Waals surface area contributed by atoms with E-state index in [1.54, 1.807) is 16.8 Å². The van der Waals surface area contributed by atoms with Crippen LogP contribution in [0.25, 0.3) is 5.69 Å². The van der Waals surface area contributed by atoms with Gasteiger partial charge >= 0.3 is 0 Å². The van der Waals surface area contributed by atoms with Crippen molar-refractivity contribution in [1.29, 1.82) is 0 Å². The predicted molar refractivity (Wildman–Crippen MR) is 119 cm³/mol. The second kappa shape index (κ2) is 10.7. The lowest BCUT2D eigenvalue weighted by Gasteiger charge is -2.26. The van der Waals surface area contributed by atoms with Gasteiger partial charge in [-0.3, -0.25) is 9.69 Å². The van der Waals surface area contributed by atoms with Gasteiger partial charge in [0, 0.05) is 31.2 Å². The molecule has 2 heterocycles. The van der Waals surface area contributed by atoms with Gasteiger partial charge in [-0.25, -0.2) is 0 Å². The van der Waals surface area contributed by atoms with E-state index in [1.807, 2.05) is 12.1 Å². The van der Waals surface area contributed by atoms with Crippen LogP contribution in [0.1, 0.15) is 11.1 Å². The van der Waals surface area contributed by atoms with E-state index in [2.05, 4.69) is 50.0 Å². The van der Waals surface area contributed by atoms with E-state index in [-0.39, 0.29) is 11.7 Å². The molecule has 162 valence electrons. The average Bonchev–Trinajstić information content (AvgIpc) is 3.27. The summed E-state index contributed by atoms with van der Waals surface area (Å²) in [4.78, 5) is 14.7. The van der Waals surface area contributed by atoms with Crippen molar-refractivity contribution < 1.29 is 9.53 Å². The summed E-state index contributed by atoms with van der Waals surface area (Å²) in [6, 6.07) is 15.6. The zero-order valence-electron chi connectivity index (χ0n) is 16.9. The summed E-state index contributed by atoms with van der Waals surface area (Å²) in [6.45, 7) is 4.94. The summed E-state index contributed by atoms with van der Waals surface area (Å²) in [5.41, 5.74) is 3.07. The number of aromatic nitrogens is 4. The molecule has 1 saturated heterocycles. The first-order chi connectivity index (χ1) is 15.2. The van der Waals surface area contributed by atoms with Crippen molar-refractivity contribution in [3.05, 3.63) is 64.7 Å². The van der Waals surface area contributed by atoms with E-state index in [9.17, 15) is 4.79 Å². The lowest BCUT2D eigenvalue weighted by atomic mass is 10.1. The van der Waals surface area contributed by atoms with Gasteiger partial charge in [0.05, 0.1) is 24.7 Å². The lowest BCUT2D eigenvalue weighted by molar-refractivity contribution is -0.118. The second-order valence-electron chi connectivity index (χ2n) is 7.12. The molecular weight excluding hydrogens is 436 g/mol. The van der Waals surface area contributed by atoms with E-state index in [0.29, 0.717) is 16.7 Å². The van der Waals surface area contributed by atoms with Gasteiger partial charge in [0.15, 0.2) is 0 Å². The van der Waals surface area contributed by atoms with Crippen LogP contribution in [0.15, 0.2) is 53.7 Å². The van der Waals surface area contributed by atoms with Gasteiger partial charge < -0.3 is 10.1 Å². The van der Waals surface area contributed by atoms with Crippen LogP contribution in [0.2, 0.25) is 5.02 Å². The van der Waals surface area contributed by atoms with Crippen LogP contribution in [0.3, 0.4) is 0 Å². The summed E-state index contributed by atoms with van der Waals surface area (Å²) in [7, 11) is 0. The molecule has 0 radical (unpaired) electrons. The maximum absolute atomic E-state index is 12.3. The Bertz CT molecular complexity index is 1010. The summed E-state index contributed by atoms with van der Waals surface area (Å²) in [5, 5.41) is 15.8. The number of carbonyl (C=O) groups is 1. The Morgan fingerprint density at radius 1 is 1.13 bits per heavy atom. The summed E-state index contributed by atoms with van der Waals surface area (Å²) in [5.74, 6) is 0.138. The molecule has 1 fully saturated rings. The lowest BCUT2D eigenvalue weighted by Crippen LogP contribution is -2.35. The standard InChI is InChI=1S/C21H23ClN6O2S/c22-18-2-1-3-19(12-18)28-21(24-25-26-28)31-15-20(29)23-13-16-4-6-17(7-5-16)14-27-8-10-30-11-9-27/h1-7,12H,8-11,13-15H2,(H,23,29). The Labute approximate surface area is 189 Å². The van der Waals surface area contributed by atoms with Crippen molar-refractivity contribution in [2.75, 3.05) is 32.1 Å². The van der Waals surface area contributed by atoms with Crippen LogP contribution in [0.4, 0.5) is 0 Å². The summed E-state index contributed by atoms with van der Waals surface area (Å²) < 4.78 is 6.95. The molecule has 1 aliphatic rings. The summed E-state index contributed by atoms with van der Waals surface area (Å²) in [6.07, 6.45) is 0. The molecule has 4 rings (SSSR count). The molecule has 10 heteroatoms. The van der Waals surface area contributed by atoms with Gasteiger partial charge in [-0.1, -0.05) is 53.7 Å². The number of tetrazole rings is 1. The highest BCUT2D eigenvalue weighted by molar-refractivity contribution is 7.99. The zero-order valence-corrected chi connectivity index (χ0v) is 18.5. The topological polar surface area (TPSA) is 85.2 Å². The van der Waals surface area contributed by atoms with Crippen LogP contribution < -0.4 is 5.32 Å². The molecule has 0 bridgehead atoms. The largest absolute Gasteiger partial charge is 0.379 e. The van der Waals surface area contributed by atoms with E-state index >= 15 is 0 Å². The minimum atomic E-state index is -0.0805. The monoisotopic (exact) mass is 458 g/mol. The molecular formula is C21H23ClN6O2S. The number of rotatable bonds is 8. The van der Waals surface area contributed by atoms with Crippen LogP contribution in [-0.4, -0.2) is 63.1 Å². The molecule has 3 aromatic rings. The van der Waals surface area contributed by atoms with Gasteiger partial charge in [-0.15, -0.1) is 5.10 Å². The molecule has 0 unspecified atom stereocenters. The fourth-order valence-electron chi connectivity index (χ4n) is 3.20. The number of morpholine rings is 1. The molecule has 0 aliphatic carbocycles. The number of halogens is 1. The highest BCUT2D eigenvalue weighted by atomic mass is 35.5. The highest BCUT2D eigenvalue weighted by Gasteiger charge is 2.13. The third-order valence-electron chi connectivity index (χ3n) is 4.85. The van der Waals surface area contributed by atoms with Crippen LogP contribution >= 0.6 is 23.4 Å². The Kier molecular flexibility index (Phi) is 7.52. The molecule has 1 aromatic heterocycles. The third kappa shape index (κ3) is 6.27. The quantitative estimate of drug-likeness (QED) is 0.519.